The fraction of sp³-hybridized carbons (Fsp3) is 0.500. The van der Waals surface area contributed by atoms with Gasteiger partial charge in [-0.15, -0.1) is 0 Å². The quantitative estimate of drug-likeness (QED) is 0.700. The molecule has 0 aliphatic carbocycles. The van der Waals surface area contributed by atoms with E-state index in [1.807, 2.05) is 0 Å². The zero-order chi connectivity index (χ0) is 19.3. The average Bonchev–Trinajstić information content (AvgIpc) is 2.59. The number of hydrogen-bond acceptors (Lipinski definition) is 5. The number of benzene rings is 1. The average molecular weight is 382 g/mol. The molecule has 1 aromatic carbocycles. The number of carboxylic acid groups (broad SMARTS) is 1. The molecular formula is C18H26N2O5S. The molecule has 26 heavy (non-hydrogen) atoms. The third kappa shape index (κ3) is 5.30. The summed E-state index contributed by atoms with van der Waals surface area (Å²) in [5.74, 6) is -0.871. The van der Waals surface area contributed by atoms with Crippen LogP contribution < -0.4 is 9.46 Å². The topological polar surface area (TPSA) is 95.9 Å². The number of sulfonamides is 1. The fourth-order valence-corrected chi connectivity index (χ4v) is 4.50. The van der Waals surface area contributed by atoms with E-state index in [0.717, 1.165) is 32.0 Å². The first kappa shape index (κ1) is 20.4. The Balaban J connectivity index is 2.19. The van der Waals surface area contributed by atoms with Crippen LogP contribution in [0.5, 0.6) is 5.75 Å². The summed E-state index contributed by atoms with van der Waals surface area (Å²) < 4.78 is 33.6. The molecule has 2 N–H and O–H groups in total. The Morgan fingerprint density at radius 2 is 2.00 bits per heavy atom. The van der Waals surface area contributed by atoms with Gasteiger partial charge >= 0.3 is 5.97 Å². The molecular weight excluding hydrogens is 356 g/mol. The Morgan fingerprint density at radius 3 is 2.54 bits per heavy atom. The molecule has 0 atom stereocenters. The van der Waals surface area contributed by atoms with Crippen LogP contribution in [0.25, 0.3) is 6.08 Å². The van der Waals surface area contributed by atoms with Crippen molar-refractivity contribution in [1.29, 1.82) is 0 Å². The molecule has 0 saturated carbocycles. The first-order valence-corrected chi connectivity index (χ1v) is 10.1. The normalized spacial score (nSPS) is 17.1. The highest BCUT2D eigenvalue weighted by Crippen LogP contribution is 2.26. The third-order valence-electron chi connectivity index (χ3n) is 4.48. The van der Waals surface area contributed by atoms with Gasteiger partial charge in [-0.1, -0.05) is 6.07 Å². The van der Waals surface area contributed by atoms with Crippen molar-refractivity contribution in [3.05, 3.63) is 29.8 Å². The van der Waals surface area contributed by atoms with E-state index in [1.165, 1.54) is 25.3 Å². The molecule has 1 heterocycles. The molecule has 1 aliphatic heterocycles. The molecule has 0 spiro atoms. The molecule has 2 rings (SSSR count). The second-order valence-corrected chi connectivity index (χ2v) is 8.29. The van der Waals surface area contributed by atoms with Crippen LogP contribution >= 0.6 is 0 Å². The number of rotatable bonds is 7. The molecule has 0 bridgehead atoms. The van der Waals surface area contributed by atoms with Crippen molar-refractivity contribution in [2.75, 3.05) is 20.2 Å². The number of piperidine rings is 1. The predicted molar refractivity (Wildman–Crippen MR) is 99.7 cm³/mol. The van der Waals surface area contributed by atoms with Crippen molar-refractivity contribution in [3.8, 4) is 5.75 Å². The first-order valence-electron chi connectivity index (χ1n) is 8.58. The maximum absolute atomic E-state index is 12.8. The Bertz CT molecular complexity index is 766. The van der Waals surface area contributed by atoms with Crippen molar-refractivity contribution in [3.63, 3.8) is 0 Å². The highest BCUT2D eigenvalue weighted by molar-refractivity contribution is 7.89. The van der Waals surface area contributed by atoms with E-state index in [2.05, 4.69) is 23.5 Å². The largest absolute Gasteiger partial charge is 0.495 e. The second kappa shape index (κ2) is 8.66. The summed E-state index contributed by atoms with van der Waals surface area (Å²) >= 11 is 0. The molecule has 144 valence electrons. The lowest BCUT2D eigenvalue weighted by molar-refractivity contribution is -0.131. The van der Waals surface area contributed by atoms with Crippen LogP contribution in [0, 0.1) is 0 Å². The Hall–Kier alpha value is -1.90. The van der Waals surface area contributed by atoms with Crippen LogP contribution in [0.1, 0.15) is 32.3 Å². The van der Waals surface area contributed by atoms with E-state index in [4.69, 9.17) is 9.84 Å². The number of nitrogens with zero attached hydrogens (tertiary/aromatic N) is 1. The molecule has 0 aromatic heterocycles. The van der Waals surface area contributed by atoms with E-state index in [1.54, 1.807) is 6.07 Å². The lowest BCUT2D eigenvalue weighted by atomic mass is 10.1. The van der Waals surface area contributed by atoms with Gasteiger partial charge in [0.15, 0.2) is 0 Å². The highest BCUT2D eigenvalue weighted by atomic mass is 32.2. The van der Waals surface area contributed by atoms with Crippen molar-refractivity contribution in [1.82, 2.24) is 9.62 Å². The molecule has 0 unspecified atom stereocenters. The highest BCUT2D eigenvalue weighted by Gasteiger charge is 2.27. The van der Waals surface area contributed by atoms with Crippen LogP contribution in [-0.2, 0) is 14.8 Å². The zero-order valence-corrected chi connectivity index (χ0v) is 16.1. The first-order chi connectivity index (χ1) is 12.2. The number of ether oxygens (including phenoxy) is 1. The summed E-state index contributed by atoms with van der Waals surface area (Å²) in [6.07, 6.45) is 3.81. The molecule has 8 heteroatoms. The SMILES string of the molecule is COc1ccc(C=CC(=O)O)cc1S(=O)(=O)NC1CCN(C(C)C)CC1. The van der Waals surface area contributed by atoms with Gasteiger partial charge in [-0.25, -0.2) is 17.9 Å². The van der Waals surface area contributed by atoms with Crippen LogP contribution in [-0.4, -0.2) is 56.7 Å². The van der Waals surface area contributed by atoms with Crippen LogP contribution in [0.15, 0.2) is 29.2 Å². The van der Waals surface area contributed by atoms with Gasteiger partial charge in [-0.05, 0) is 63.6 Å². The van der Waals surface area contributed by atoms with Gasteiger partial charge in [0.25, 0.3) is 0 Å². The van der Waals surface area contributed by atoms with E-state index < -0.39 is 16.0 Å². The van der Waals surface area contributed by atoms with Gasteiger partial charge < -0.3 is 14.7 Å². The smallest absolute Gasteiger partial charge is 0.328 e. The summed E-state index contributed by atoms with van der Waals surface area (Å²) in [5, 5.41) is 8.74. The summed E-state index contributed by atoms with van der Waals surface area (Å²) in [5.41, 5.74) is 0.475. The van der Waals surface area contributed by atoms with Gasteiger partial charge in [-0.3, -0.25) is 0 Å². The number of methoxy groups -OCH3 is 1. The monoisotopic (exact) mass is 382 g/mol. The maximum atomic E-state index is 12.8. The minimum atomic E-state index is -3.78. The molecule has 1 saturated heterocycles. The zero-order valence-electron chi connectivity index (χ0n) is 15.3. The minimum Gasteiger partial charge on any atom is -0.495 e. The van der Waals surface area contributed by atoms with E-state index in [9.17, 15) is 13.2 Å². The number of likely N-dealkylation sites (tertiary alicyclic amines) is 1. The van der Waals surface area contributed by atoms with Crippen molar-refractivity contribution >= 4 is 22.1 Å². The fourth-order valence-electron chi connectivity index (χ4n) is 2.99. The summed E-state index contributed by atoms with van der Waals surface area (Å²) in [7, 11) is -2.37. The summed E-state index contributed by atoms with van der Waals surface area (Å²) in [6.45, 7) is 5.96. The number of carboxylic acids is 1. The third-order valence-corrected chi connectivity index (χ3v) is 6.02. The summed E-state index contributed by atoms with van der Waals surface area (Å²) in [6, 6.07) is 4.88. The van der Waals surface area contributed by atoms with Crippen molar-refractivity contribution in [2.24, 2.45) is 0 Å². The van der Waals surface area contributed by atoms with Crippen LogP contribution in [0.4, 0.5) is 0 Å². The van der Waals surface area contributed by atoms with Crippen molar-refractivity contribution in [2.45, 2.75) is 43.7 Å². The van der Waals surface area contributed by atoms with Crippen LogP contribution in [0.2, 0.25) is 0 Å². The molecule has 1 aliphatic rings. The molecule has 0 radical (unpaired) electrons. The maximum Gasteiger partial charge on any atom is 0.328 e. The van der Waals surface area contributed by atoms with E-state index in [-0.39, 0.29) is 16.7 Å². The Kier molecular flexibility index (Phi) is 6.80. The number of nitrogens with one attached hydrogen (secondary N) is 1. The number of hydrogen-bond donors (Lipinski definition) is 2. The van der Waals surface area contributed by atoms with Gasteiger partial charge in [0.2, 0.25) is 10.0 Å². The van der Waals surface area contributed by atoms with Gasteiger partial charge in [0.05, 0.1) is 7.11 Å². The Labute approximate surface area is 154 Å². The van der Waals surface area contributed by atoms with Gasteiger partial charge in [0.1, 0.15) is 10.6 Å². The molecule has 1 fully saturated rings. The van der Waals surface area contributed by atoms with E-state index >= 15 is 0 Å². The number of carbonyl (C=O) groups is 1. The standard InChI is InChI=1S/C18H26N2O5S/c1-13(2)20-10-8-15(9-11-20)19-26(23,24)17-12-14(5-7-18(21)22)4-6-16(17)25-3/h4-7,12-13,15,19H,8-11H2,1-3H3,(H,21,22). The minimum absolute atomic E-state index is 0.0128. The Morgan fingerprint density at radius 1 is 1.35 bits per heavy atom. The van der Waals surface area contributed by atoms with Crippen molar-refractivity contribution < 1.29 is 23.1 Å². The second-order valence-electron chi connectivity index (χ2n) is 6.61. The van der Waals surface area contributed by atoms with Gasteiger partial charge in [0, 0.05) is 18.2 Å². The van der Waals surface area contributed by atoms with Crippen LogP contribution in [0.3, 0.4) is 0 Å². The molecule has 1 aromatic rings. The van der Waals surface area contributed by atoms with Gasteiger partial charge in [-0.2, -0.15) is 0 Å². The molecule has 0 amide bonds. The summed E-state index contributed by atoms with van der Waals surface area (Å²) in [4.78, 5) is 13.0. The van der Waals surface area contributed by atoms with E-state index in [0.29, 0.717) is 11.6 Å². The molecule has 7 nitrogen and oxygen atoms in total. The number of aliphatic carboxylic acids is 1. The predicted octanol–water partition coefficient (Wildman–Crippen LogP) is 1.94. The lowest BCUT2D eigenvalue weighted by Gasteiger charge is -2.34. The lowest BCUT2D eigenvalue weighted by Crippen LogP contribution is -2.46.